The lowest BCUT2D eigenvalue weighted by molar-refractivity contribution is -0.164. The highest BCUT2D eigenvalue weighted by atomic mass is 19.3. The summed E-state index contributed by atoms with van der Waals surface area (Å²) in [5.74, 6) is -24.8. The smallest absolute Gasteiger partial charge is 0.294 e. The van der Waals surface area contributed by atoms with Gasteiger partial charge in [0.1, 0.15) is 45.7 Å². The summed E-state index contributed by atoms with van der Waals surface area (Å²) < 4.78 is 173. The predicted molar refractivity (Wildman–Crippen MR) is 501 cm³/mol. The van der Waals surface area contributed by atoms with Gasteiger partial charge in [0.2, 0.25) is 5.91 Å². The van der Waals surface area contributed by atoms with Crippen LogP contribution in [0.4, 0.5) is 75.4 Å². The molecule has 147 heavy (non-hydrogen) atoms. The first-order valence-corrected chi connectivity index (χ1v) is 47.4. The van der Waals surface area contributed by atoms with Crippen molar-refractivity contribution in [2.24, 2.45) is 23.7 Å². The van der Waals surface area contributed by atoms with E-state index in [1.807, 2.05) is 0 Å². The van der Waals surface area contributed by atoms with Crippen molar-refractivity contribution in [1.82, 2.24) is 75.7 Å². The summed E-state index contributed by atoms with van der Waals surface area (Å²) in [5, 5.41) is 42.1. The van der Waals surface area contributed by atoms with E-state index in [1.54, 1.807) is 110 Å². The van der Waals surface area contributed by atoms with Gasteiger partial charge >= 0.3 is 0 Å². The molecule has 10 aromatic rings. The van der Waals surface area contributed by atoms with Crippen molar-refractivity contribution in [1.29, 1.82) is 0 Å². The Hall–Kier alpha value is -15.0. The van der Waals surface area contributed by atoms with Gasteiger partial charge in [0.05, 0.1) is 68.5 Å². The Morgan fingerprint density at radius 2 is 0.605 bits per heavy atom. The molecule has 8 aliphatic carbocycles. The lowest BCUT2D eigenvalue weighted by Crippen LogP contribution is -2.69. The van der Waals surface area contributed by atoms with Crippen LogP contribution in [0, 0.1) is 102 Å². The number of nitrogens with one attached hydrogen (secondary N) is 11. The van der Waals surface area contributed by atoms with Crippen LogP contribution in [-0.4, -0.2) is 173 Å². The number of aromatic nitrogens is 10. The number of halogens is 12. The van der Waals surface area contributed by atoms with E-state index in [2.05, 4.69) is 78.7 Å². The molecule has 4 aliphatic heterocycles. The molecule has 8 atom stereocenters. The molecule has 0 unspecified atom stereocenters. The summed E-state index contributed by atoms with van der Waals surface area (Å²) in [7, 11) is 1.26. The van der Waals surface area contributed by atoms with Crippen molar-refractivity contribution in [3.05, 3.63) is 232 Å². The first-order valence-electron chi connectivity index (χ1n) is 47.4. The number of anilines is 4. The number of aromatic amines is 2. The van der Waals surface area contributed by atoms with Crippen LogP contribution < -0.4 is 47.9 Å². The number of hydrogen-bond acceptors (Lipinski definition) is 18. The molecule has 0 saturated heterocycles. The predicted octanol–water partition coefficient (Wildman–Crippen LogP) is 14.2. The maximum Gasteiger partial charge on any atom is 0.294 e. The highest BCUT2D eigenvalue weighted by Crippen LogP contribution is 2.60. The van der Waals surface area contributed by atoms with E-state index >= 15 is 0 Å². The van der Waals surface area contributed by atoms with Gasteiger partial charge in [0, 0.05) is 135 Å². The van der Waals surface area contributed by atoms with E-state index in [-0.39, 0.29) is 152 Å². The fraction of sp³-hybridized carbons (Fsp3) is 0.431. The molecule has 11 N–H and O–H groups in total. The quantitative estimate of drug-likeness (QED) is 0.0144. The topological polar surface area (TPSA) is 450 Å². The van der Waals surface area contributed by atoms with Crippen molar-refractivity contribution in [3.8, 4) is 0 Å². The van der Waals surface area contributed by atoms with E-state index in [4.69, 9.17) is 0 Å². The third kappa shape index (κ3) is 18.1. The van der Waals surface area contributed by atoms with E-state index in [1.165, 1.54) is 62.8 Å². The van der Waals surface area contributed by atoms with E-state index < -0.39 is 203 Å². The Labute approximate surface area is 829 Å². The average molecular weight is 2050 g/mol. The number of amides is 9. The molecule has 4 aromatic carbocycles. The number of hydrogen-bond donors (Lipinski definition) is 11. The summed E-state index contributed by atoms with van der Waals surface area (Å²) in [6.07, 6.45) is 1.57. The monoisotopic (exact) mass is 2040 g/mol. The lowest BCUT2D eigenvalue weighted by Gasteiger charge is -2.46. The number of aryl methyl sites for hydroxylation is 4. The summed E-state index contributed by atoms with van der Waals surface area (Å²) in [6.45, 7) is 14.2. The zero-order valence-corrected chi connectivity index (χ0v) is 80.1. The minimum absolute atomic E-state index is 0. The van der Waals surface area contributed by atoms with Crippen molar-refractivity contribution in [3.63, 3.8) is 0 Å². The van der Waals surface area contributed by atoms with Crippen LogP contribution in [0.15, 0.2) is 85.2 Å². The highest BCUT2D eigenvalue weighted by Gasteiger charge is 2.66. The Morgan fingerprint density at radius 3 is 0.830 bits per heavy atom. The number of carbonyl (C=O) groups excluding carboxylic acids is 14. The normalized spacial score (nSPS) is 21.9. The molecule has 45 heteroatoms. The van der Waals surface area contributed by atoms with Crippen LogP contribution in [0.3, 0.4) is 0 Å². The van der Waals surface area contributed by atoms with Crippen molar-refractivity contribution in [2.45, 2.75) is 249 Å². The molecule has 8 fully saturated rings. The van der Waals surface area contributed by atoms with E-state index in [0.29, 0.717) is 81.8 Å². The Morgan fingerprint density at radius 1 is 0.361 bits per heavy atom. The molecule has 8 saturated carbocycles. The standard InChI is InChI=1S/C26H26F3N3O4.2C25H23F3N6O3.C25H25F3N4O4.CH4/c1-4-19(33)25(10-26(28,29)11-25)31-24(36)22(34)21-13(3)20(18-8-14-7-17(14)32(18)21)23(35)30-15-6-5-12(2)16(27)9-15;2*1-11-3-4-14(7-15(11)26)30-22(36)19-12(2)20(34-16-5-13(16)6-17(19)34)21(35)23(37)31-24(9-25(27,28)10-24)18-8-29-33-32-18;1-11-4-5-14(8-15(11)26)30-21(34)18-12(2)19(32-16-6-13(16)7-17(18)32)20(33)22(35)31-24(23(36)29-3)9-25(27,28)10-24;/h5-6,9,14,17H,4,7-8,10-11H2,1-3H3,(H,30,35)(H,31,36);2*3-4,7-8,13,16H,5-6,9-10H2,1-2H3,(H,30,36)(H,31,37)(H,29,32,33);4-5,8,13,16H,6-7,9-10H2,1-3H3,(H,29,36)(H,30,34)(H,31,35);1H4/t14-,17-;3*13-,16-;/m1100./s1. The van der Waals surface area contributed by atoms with Crippen molar-refractivity contribution in [2.75, 3.05) is 28.3 Å². The van der Waals surface area contributed by atoms with Gasteiger partial charge in [-0.2, -0.15) is 30.8 Å². The maximum absolute atomic E-state index is 14.0. The highest BCUT2D eigenvalue weighted by molar-refractivity contribution is 6.45. The largest absolute Gasteiger partial charge is 0.357 e. The van der Waals surface area contributed by atoms with Gasteiger partial charge in [-0.25, -0.2) is 52.7 Å². The molecule has 22 rings (SSSR count). The van der Waals surface area contributed by atoms with Gasteiger partial charge in [-0.1, -0.05) is 38.6 Å². The van der Waals surface area contributed by atoms with Crippen LogP contribution in [0.2, 0.25) is 0 Å². The minimum Gasteiger partial charge on any atom is -0.357 e. The first kappa shape index (κ1) is 102. The Kier molecular flexibility index (Phi) is 25.2. The average Bonchev–Trinajstić information content (AvgIpc) is 1.55. The van der Waals surface area contributed by atoms with Crippen LogP contribution in [0.25, 0.3) is 0 Å². The molecule has 0 radical (unpaired) electrons. The Bertz CT molecular complexity index is 6900. The lowest BCUT2D eigenvalue weighted by atomic mass is 9.69. The van der Waals surface area contributed by atoms with Crippen LogP contribution >= 0.6 is 0 Å². The maximum atomic E-state index is 14.0. The number of likely N-dealkylation sites (N-methyl/N-ethyl adjacent to an activating group) is 1. The second-order valence-electron chi connectivity index (χ2n) is 40.8. The SMILES string of the molecule is C.CCC(=O)C1(NC(=O)C(=O)c2c(C)c(C(=O)Nc3ccc(C)c(F)c3)c3n2[C@@H]2C[C@@H]2C3)CC(F)(F)C1.CNC(=O)C1(NC(=O)C(=O)c2c(C)c(C(=O)Nc3ccc(C)c(F)c3)c3n2[C@H]2C[C@H]2C3)CC(F)(F)C1.Cc1ccc(NC(=O)c2c(C)c(C(=O)C(=O)NC3(c4cn[nH]n4)CC(F)(F)C3)n3c2C[C@@H]2C[C@@H]23)cc1F.Cc1ccc(NC(=O)c2c(C)c(C(=O)C(=O)NC3(c4cn[nH]n4)CC(F)(F)C3)n3c2C[C@H]2C[C@H]23)cc1F. The van der Waals surface area contributed by atoms with Crippen molar-refractivity contribution < 1.29 is 120 Å². The molecule has 6 aromatic heterocycles. The van der Waals surface area contributed by atoms with Gasteiger partial charge in [0.25, 0.3) is 94.1 Å². The molecular formula is C102H101F12N19O14. The molecule has 9 amide bonds. The number of alkyl halides is 8. The number of rotatable bonds is 25. The summed E-state index contributed by atoms with van der Waals surface area (Å²) in [4.78, 5) is 183. The zero-order valence-electron chi connectivity index (χ0n) is 80.1. The number of benzene rings is 4. The number of fused-ring (bicyclic) bond motifs is 12. The van der Waals surface area contributed by atoms with Gasteiger partial charge in [-0.05, 0) is 223 Å². The van der Waals surface area contributed by atoms with Crippen LogP contribution in [0.5, 0.6) is 0 Å². The number of nitrogens with zero attached hydrogens (tertiary/aromatic N) is 8. The Balaban J connectivity index is 0.000000128. The molecule has 0 spiro atoms. The number of Topliss-reactive ketones (excluding diaryl/α,β-unsaturated/α-hetero) is 5. The minimum atomic E-state index is -3.13. The van der Waals surface area contributed by atoms with Gasteiger partial charge in [0.15, 0.2) is 5.78 Å². The summed E-state index contributed by atoms with van der Waals surface area (Å²) in [6, 6.07) is 17.2. The zero-order chi connectivity index (χ0) is 105. The number of ketones is 5. The third-order valence-corrected chi connectivity index (χ3v) is 30.4. The summed E-state index contributed by atoms with van der Waals surface area (Å²) >= 11 is 0. The molecule has 772 valence electrons. The first-order chi connectivity index (χ1) is 68.7. The number of carbonyl (C=O) groups is 14. The van der Waals surface area contributed by atoms with Gasteiger partial charge in [-0.15, -0.1) is 0 Å². The number of H-pyrrole nitrogens is 2. The second-order valence-corrected chi connectivity index (χ2v) is 40.8. The fourth-order valence-corrected chi connectivity index (χ4v) is 22.8. The summed E-state index contributed by atoms with van der Waals surface area (Å²) in [5.41, 5.74) is 1.18. The van der Waals surface area contributed by atoms with Gasteiger partial charge in [-0.3, -0.25) is 67.1 Å². The fourth-order valence-electron chi connectivity index (χ4n) is 22.8. The van der Waals surface area contributed by atoms with Crippen molar-refractivity contribution >= 4 is 105 Å². The van der Waals surface area contributed by atoms with Crippen LogP contribution in [-0.2, 0) is 65.5 Å². The third-order valence-electron chi connectivity index (χ3n) is 30.4. The molecule has 33 nitrogen and oxygen atoms in total. The molecule has 10 heterocycles. The molecule has 12 aliphatic rings. The molecular weight excluding hydrogens is 1940 g/mol. The molecule has 0 bridgehead atoms. The van der Waals surface area contributed by atoms with E-state index in [9.17, 15) is 120 Å². The second kappa shape index (κ2) is 36.3. The van der Waals surface area contributed by atoms with E-state index in [0.717, 1.165) is 25.7 Å². The van der Waals surface area contributed by atoms with Gasteiger partial charge < -0.3 is 66.1 Å². The van der Waals surface area contributed by atoms with Crippen LogP contribution in [0.1, 0.15) is 284 Å².